The first kappa shape index (κ1) is 13.7. The van der Waals surface area contributed by atoms with E-state index in [2.05, 4.69) is 15.3 Å². The minimum Gasteiger partial charge on any atom is -0.481 e. The summed E-state index contributed by atoms with van der Waals surface area (Å²) in [4.78, 5) is 14.8. The van der Waals surface area contributed by atoms with Crippen LogP contribution in [0.4, 0.5) is 0 Å². The van der Waals surface area contributed by atoms with Gasteiger partial charge < -0.3 is 5.11 Å². The molecule has 0 saturated carbocycles. The standard InChI is InChI=1S/C12H16N4O2S/c1-9-8-19-11(13-9)7-16-6-10(14-15-16)4-2-3-5-12(17)18/h6,8H,2-5,7H2,1H3,(H,17,18). The highest BCUT2D eigenvalue weighted by Gasteiger charge is 2.05. The fourth-order valence-corrected chi connectivity index (χ4v) is 2.49. The Bertz CT molecular complexity index is 549. The van der Waals surface area contributed by atoms with Gasteiger partial charge in [0, 0.05) is 23.7 Å². The fourth-order valence-electron chi connectivity index (χ4n) is 1.73. The number of carbonyl (C=O) groups is 1. The molecule has 0 aliphatic carbocycles. The normalized spacial score (nSPS) is 10.8. The molecule has 0 radical (unpaired) electrons. The van der Waals surface area contributed by atoms with Gasteiger partial charge in [0.25, 0.3) is 0 Å². The minimum atomic E-state index is -0.747. The third-order valence-corrected chi connectivity index (χ3v) is 3.57. The Morgan fingerprint density at radius 3 is 3.00 bits per heavy atom. The first-order valence-electron chi connectivity index (χ1n) is 6.15. The van der Waals surface area contributed by atoms with Gasteiger partial charge in [-0.15, -0.1) is 16.4 Å². The summed E-state index contributed by atoms with van der Waals surface area (Å²) in [7, 11) is 0. The van der Waals surface area contributed by atoms with Gasteiger partial charge in [-0.2, -0.15) is 0 Å². The van der Waals surface area contributed by atoms with E-state index in [9.17, 15) is 4.79 Å². The first-order valence-corrected chi connectivity index (χ1v) is 7.03. The Balaban J connectivity index is 1.80. The summed E-state index contributed by atoms with van der Waals surface area (Å²) in [6, 6.07) is 0. The summed E-state index contributed by atoms with van der Waals surface area (Å²) in [5.74, 6) is -0.747. The first-order chi connectivity index (χ1) is 9.13. The topological polar surface area (TPSA) is 80.9 Å². The van der Waals surface area contributed by atoms with E-state index in [1.807, 2.05) is 18.5 Å². The van der Waals surface area contributed by atoms with Crippen LogP contribution in [0.3, 0.4) is 0 Å². The highest BCUT2D eigenvalue weighted by atomic mass is 32.1. The average molecular weight is 280 g/mol. The molecule has 0 amide bonds. The van der Waals surface area contributed by atoms with Gasteiger partial charge in [0.15, 0.2) is 0 Å². The largest absolute Gasteiger partial charge is 0.481 e. The second-order valence-corrected chi connectivity index (χ2v) is 5.33. The Morgan fingerprint density at radius 2 is 2.32 bits per heavy atom. The SMILES string of the molecule is Cc1csc(Cn2cc(CCCCC(=O)O)nn2)n1. The monoisotopic (exact) mass is 280 g/mol. The van der Waals surface area contributed by atoms with Crippen molar-refractivity contribution >= 4 is 17.3 Å². The molecule has 2 rings (SSSR count). The van der Waals surface area contributed by atoms with E-state index in [0.29, 0.717) is 13.0 Å². The third kappa shape index (κ3) is 4.44. The number of aromatic nitrogens is 4. The van der Waals surface area contributed by atoms with Gasteiger partial charge in [0.2, 0.25) is 0 Å². The zero-order chi connectivity index (χ0) is 13.7. The number of aryl methyl sites for hydroxylation is 2. The van der Waals surface area contributed by atoms with Crippen LogP contribution in [0.5, 0.6) is 0 Å². The van der Waals surface area contributed by atoms with Crippen molar-refractivity contribution in [1.29, 1.82) is 0 Å². The number of nitrogens with zero attached hydrogens (tertiary/aromatic N) is 4. The summed E-state index contributed by atoms with van der Waals surface area (Å²) in [5, 5.41) is 19.7. The maximum atomic E-state index is 10.4. The average Bonchev–Trinajstić information content (AvgIpc) is 2.95. The van der Waals surface area contributed by atoms with Crippen molar-refractivity contribution in [3.8, 4) is 0 Å². The number of rotatable bonds is 7. The van der Waals surface area contributed by atoms with Crippen molar-refractivity contribution in [2.24, 2.45) is 0 Å². The molecule has 0 unspecified atom stereocenters. The summed E-state index contributed by atoms with van der Waals surface area (Å²) in [6.07, 6.45) is 4.38. The van der Waals surface area contributed by atoms with Crippen LogP contribution in [0.2, 0.25) is 0 Å². The number of carboxylic acid groups (broad SMARTS) is 1. The molecule has 2 aromatic heterocycles. The molecule has 19 heavy (non-hydrogen) atoms. The Kier molecular flexibility index (Phi) is 4.62. The van der Waals surface area contributed by atoms with E-state index >= 15 is 0 Å². The van der Waals surface area contributed by atoms with Crippen molar-refractivity contribution < 1.29 is 9.90 Å². The second kappa shape index (κ2) is 6.42. The predicted molar refractivity (Wildman–Crippen MR) is 71.2 cm³/mol. The molecule has 1 N–H and O–H groups in total. The number of aliphatic carboxylic acids is 1. The molecule has 0 spiro atoms. The van der Waals surface area contributed by atoms with Crippen molar-refractivity contribution in [1.82, 2.24) is 20.0 Å². The number of unbranched alkanes of at least 4 members (excludes halogenated alkanes) is 1. The zero-order valence-corrected chi connectivity index (χ0v) is 11.6. The van der Waals surface area contributed by atoms with Crippen LogP contribution in [-0.4, -0.2) is 31.1 Å². The van der Waals surface area contributed by atoms with Gasteiger partial charge in [-0.3, -0.25) is 4.79 Å². The van der Waals surface area contributed by atoms with Crippen molar-refractivity contribution in [3.63, 3.8) is 0 Å². The Labute approximate surface area is 115 Å². The minimum absolute atomic E-state index is 0.215. The lowest BCUT2D eigenvalue weighted by Gasteiger charge is -1.95. The van der Waals surface area contributed by atoms with E-state index in [0.717, 1.165) is 29.2 Å². The quantitative estimate of drug-likeness (QED) is 0.783. The van der Waals surface area contributed by atoms with E-state index < -0.39 is 5.97 Å². The molecule has 6 nitrogen and oxygen atoms in total. The lowest BCUT2D eigenvalue weighted by Crippen LogP contribution is -1.99. The smallest absolute Gasteiger partial charge is 0.303 e. The van der Waals surface area contributed by atoms with Gasteiger partial charge in [0.05, 0.1) is 12.2 Å². The maximum Gasteiger partial charge on any atom is 0.303 e. The van der Waals surface area contributed by atoms with Crippen molar-refractivity contribution in [2.75, 3.05) is 0 Å². The molecular formula is C12H16N4O2S. The lowest BCUT2D eigenvalue weighted by molar-refractivity contribution is -0.137. The summed E-state index contributed by atoms with van der Waals surface area (Å²) in [5.41, 5.74) is 1.92. The van der Waals surface area contributed by atoms with Crippen LogP contribution in [0.1, 0.15) is 35.7 Å². The van der Waals surface area contributed by atoms with Crippen LogP contribution in [0.25, 0.3) is 0 Å². The summed E-state index contributed by atoms with van der Waals surface area (Å²) >= 11 is 1.61. The van der Waals surface area contributed by atoms with Crippen LogP contribution in [-0.2, 0) is 17.8 Å². The molecule has 102 valence electrons. The number of thiazole rings is 1. The van der Waals surface area contributed by atoms with Gasteiger partial charge in [-0.1, -0.05) is 5.21 Å². The highest BCUT2D eigenvalue weighted by molar-refractivity contribution is 7.09. The molecule has 0 fully saturated rings. The Morgan fingerprint density at radius 1 is 1.47 bits per heavy atom. The zero-order valence-electron chi connectivity index (χ0n) is 10.7. The molecule has 2 aromatic rings. The Hall–Kier alpha value is -1.76. The van der Waals surface area contributed by atoms with Crippen LogP contribution < -0.4 is 0 Å². The van der Waals surface area contributed by atoms with Gasteiger partial charge in [0.1, 0.15) is 5.01 Å². The number of carboxylic acids is 1. The summed E-state index contributed by atoms with van der Waals surface area (Å²) < 4.78 is 1.77. The highest BCUT2D eigenvalue weighted by Crippen LogP contribution is 2.10. The number of hydrogen-bond acceptors (Lipinski definition) is 5. The predicted octanol–water partition coefficient (Wildman–Crippen LogP) is 1.89. The molecule has 7 heteroatoms. The number of hydrogen-bond donors (Lipinski definition) is 1. The van der Waals surface area contributed by atoms with Gasteiger partial charge >= 0.3 is 5.97 Å². The van der Waals surface area contributed by atoms with Crippen molar-refractivity contribution in [2.45, 2.75) is 39.2 Å². The van der Waals surface area contributed by atoms with Crippen molar-refractivity contribution in [3.05, 3.63) is 28.0 Å². The van der Waals surface area contributed by atoms with Crippen LogP contribution in [0, 0.1) is 6.92 Å². The molecule has 0 atom stereocenters. The maximum absolute atomic E-state index is 10.4. The molecule has 2 heterocycles. The van der Waals surface area contributed by atoms with Crippen LogP contribution in [0.15, 0.2) is 11.6 Å². The van der Waals surface area contributed by atoms with E-state index in [4.69, 9.17) is 5.11 Å². The fraction of sp³-hybridized carbons (Fsp3) is 0.500. The molecule has 0 aliphatic heterocycles. The summed E-state index contributed by atoms with van der Waals surface area (Å²) in [6.45, 7) is 2.61. The van der Waals surface area contributed by atoms with Crippen LogP contribution >= 0.6 is 11.3 Å². The van der Waals surface area contributed by atoms with Gasteiger partial charge in [-0.25, -0.2) is 9.67 Å². The molecule has 0 saturated heterocycles. The van der Waals surface area contributed by atoms with E-state index in [1.54, 1.807) is 16.0 Å². The molecular weight excluding hydrogens is 264 g/mol. The van der Waals surface area contributed by atoms with E-state index in [1.165, 1.54) is 0 Å². The van der Waals surface area contributed by atoms with Gasteiger partial charge in [-0.05, 0) is 26.2 Å². The molecule has 0 bridgehead atoms. The lowest BCUT2D eigenvalue weighted by atomic mass is 10.1. The third-order valence-electron chi connectivity index (χ3n) is 2.62. The molecule has 0 aliphatic rings. The second-order valence-electron chi connectivity index (χ2n) is 4.39. The van der Waals surface area contributed by atoms with E-state index in [-0.39, 0.29) is 6.42 Å². The molecule has 0 aromatic carbocycles.